The molecule has 2 nitrogen and oxygen atoms in total. The highest BCUT2D eigenvalue weighted by atomic mass is 16.4. The Bertz CT molecular complexity index is 141. The Kier molecular flexibility index (Phi) is 4.56. The zero-order valence-corrected chi connectivity index (χ0v) is 5.42. The molecule has 0 aliphatic carbocycles. The van der Waals surface area contributed by atoms with Gasteiger partial charge in [0.25, 0.3) is 0 Å². The number of carboxylic acids is 1. The van der Waals surface area contributed by atoms with Crippen LogP contribution in [0, 0.1) is 0 Å². The molecule has 0 bridgehead atoms. The molecule has 0 unspecified atom stereocenters. The molecule has 0 aliphatic heterocycles. The summed E-state index contributed by atoms with van der Waals surface area (Å²) in [4.78, 5) is 9.90. The molecule has 0 saturated heterocycles. The van der Waals surface area contributed by atoms with Gasteiger partial charge in [0.1, 0.15) is 0 Å². The van der Waals surface area contributed by atoms with E-state index >= 15 is 0 Å². The van der Waals surface area contributed by atoms with Crippen LogP contribution in [0.1, 0.15) is 19.8 Å². The number of aliphatic carboxylic acids is 1. The summed E-state index contributed by atoms with van der Waals surface area (Å²) in [5, 5.41) is 8.15. The van der Waals surface area contributed by atoms with Crippen LogP contribution in [0.5, 0.6) is 0 Å². The van der Waals surface area contributed by atoms with E-state index in [9.17, 15) is 4.79 Å². The van der Waals surface area contributed by atoms with Crippen molar-refractivity contribution in [2.24, 2.45) is 0 Å². The van der Waals surface area contributed by atoms with Crippen molar-refractivity contribution in [1.82, 2.24) is 0 Å². The summed E-state index contributed by atoms with van der Waals surface area (Å²) in [5.74, 6) is -0.760. The fourth-order valence-electron chi connectivity index (χ4n) is 0.397. The number of carboxylic acid groups (broad SMARTS) is 1. The zero-order valence-electron chi connectivity index (χ0n) is 5.42. The minimum absolute atomic E-state index is 0.195. The lowest BCUT2D eigenvalue weighted by molar-refractivity contribution is -0.136. The Hall–Kier alpha value is -1.01. The molecular weight excluding hydrogens is 116 g/mol. The van der Waals surface area contributed by atoms with Gasteiger partial charge in [-0.2, -0.15) is 0 Å². The first-order valence-corrected chi connectivity index (χ1v) is 2.84. The lowest BCUT2D eigenvalue weighted by Crippen LogP contribution is -1.91. The van der Waals surface area contributed by atoms with Crippen molar-refractivity contribution in [3.63, 3.8) is 0 Å². The van der Waals surface area contributed by atoms with Crippen LogP contribution in [-0.4, -0.2) is 11.1 Å². The zero-order chi connectivity index (χ0) is 7.11. The van der Waals surface area contributed by atoms with Crippen LogP contribution in [0.25, 0.3) is 0 Å². The second kappa shape index (κ2) is 5.13. The van der Waals surface area contributed by atoms with Gasteiger partial charge in [-0.05, 0) is 25.5 Å². The van der Waals surface area contributed by atoms with Crippen LogP contribution < -0.4 is 0 Å². The normalized spacial score (nSPS) is 7.67. The number of carbonyl (C=O) groups is 1. The lowest BCUT2D eigenvalue weighted by atomic mass is 10.3. The molecule has 0 aromatic rings. The first-order valence-electron chi connectivity index (χ1n) is 2.84. The van der Waals surface area contributed by atoms with Crippen molar-refractivity contribution in [2.75, 3.05) is 0 Å². The van der Waals surface area contributed by atoms with Gasteiger partial charge in [0.15, 0.2) is 0 Å². The van der Waals surface area contributed by atoms with E-state index in [4.69, 9.17) is 5.11 Å². The van der Waals surface area contributed by atoms with Crippen molar-refractivity contribution in [2.45, 2.75) is 19.8 Å². The highest BCUT2D eigenvalue weighted by Gasteiger charge is 1.89. The van der Waals surface area contributed by atoms with Gasteiger partial charge in [-0.15, -0.1) is 5.73 Å². The molecule has 2 heteroatoms. The molecule has 1 N–H and O–H groups in total. The molecule has 0 rings (SSSR count). The molecule has 0 saturated carbocycles. The molecule has 0 amide bonds. The Morgan fingerprint density at radius 3 is 2.89 bits per heavy atom. The van der Waals surface area contributed by atoms with Gasteiger partial charge in [0.2, 0.25) is 0 Å². The monoisotopic (exact) mass is 126 g/mol. The van der Waals surface area contributed by atoms with E-state index in [2.05, 4.69) is 5.73 Å². The molecule has 0 fully saturated rings. The molecule has 0 aromatic carbocycles. The average molecular weight is 126 g/mol. The van der Waals surface area contributed by atoms with Crippen LogP contribution in [0.2, 0.25) is 0 Å². The van der Waals surface area contributed by atoms with Gasteiger partial charge in [-0.25, -0.2) is 0 Å². The topological polar surface area (TPSA) is 37.3 Å². The SMILES string of the molecule is CC=C=CCCC(=O)O. The van der Waals surface area contributed by atoms with Crippen LogP contribution in [-0.2, 0) is 4.79 Å². The van der Waals surface area contributed by atoms with Crippen LogP contribution >= 0.6 is 0 Å². The second-order valence-electron chi connectivity index (χ2n) is 1.59. The van der Waals surface area contributed by atoms with Gasteiger partial charge in [-0.1, -0.05) is 0 Å². The molecule has 0 aliphatic rings. The quantitative estimate of drug-likeness (QED) is 0.583. The van der Waals surface area contributed by atoms with Crippen LogP contribution in [0.15, 0.2) is 17.9 Å². The van der Waals surface area contributed by atoms with E-state index in [0.29, 0.717) is 6.42 Å². The molecule has 0 radical (unpaired) electrons. The standard InChI is InChI=1S/C7H10O2/c1-2-3-4-5-6-7(8)9/h2,4H,5-6H2,1H3,(H,8,9). The van der Waals surface area contributed by atoms with Gasteiger partial charge in [0, 0.05) is 6.42 Å². The third-order valence-corrected chi connectivity index (χ3v) is 0.787. The van der Waals surface area contributed by atoms with E-state index in [0.717, 1.165) is 0 Å². The van der Waals surface area contributed by atoms with E-state index in [1.54, 1.807) is 12.2 Å². The fraction of sp³-hybridized carbons (Fsp3) is 0.429. The fourth-order valence-corrected chi connectivity index (χ4v) is 0.397. The number of hydrogen-bond donors (Lipinski definition) is 1. The van der Waals surface area contributed by atoms with E-state index < -0.39 is 5.97 Å². The average Bonchev–Trinajstić information content (AvgIpc) is 1.80. The molecule has 0 aromatic heterocycles. The van der Waals surface area contributed by atoms with Gasteiger partial charge in [-0.3, -0.25) is 4.79 Å². The maximum atomic E-state index is 9.90. The lowest BCUT2D eigenvalue weighted by Gasteiger charge is -1.82. The molecule has 0 heterocycles. The minimum atomic E-state index is -0.760. The predicted octanol–water partition coefficient (Wildman–Crippen LogP) is 1.58. The number of hydrogen-bond acceptors (Lipinski definition) is 1. The number of allylic oxidation sites excluding steroid dienone is 1. The predicted molar refractivity (Wildman–Crippen MR) is 35.2 cm³/mol. The van der Waals surface area contributed by atoms with Gasteiger partial charge in [0.05, 0.1) is 0 Å². The first kappa shape index (κ1) is 7.99. The van der Waals surface area contributed by atoms with Crippen LogP contribution in [0.4, 0.5) is 0 Å². The van der Waals surface area contributed by atoms with E-state index in [1.807, 2.05) is 6.92 Å². The molecule has 50 valence electrons. The molecular formula is C7H10O2. The summed E-state index contributed by atoms with van der Waals surface area (Å²) in [6.07, 6.45) is 4.23. The number of rotatable bonds is 3. The molecule has 0 spiro atoms. The second-order valence-corrected chi connectivity index (χ2v) is 1.59. The van der Waals surface area contributed by atoms with Crippen molar-refractivity contribution >= 4 is 5.97 Å². The Balaban J connectivity index is 3.30. The third-order valence-electron chi connectivity index (χ3n) is 0.787. The highest BCUT2D eigenvalue weighted by Crippen LogP contribution is 1.87. The summed E-state index contributed by atoms with van der Waals surface area (Å²) < 4.78 is 0. The summed E-state index contributed by atoms with van der Waals surface area (Å²) >= 11 is 0. The Morgan fingerprint density at radius 1 is 1.78 bits per heavy atom. The van der Waals surface area contributed by atoms with Gasteiger partial charge < -0.3 is 5.11 Å². The Labute approximate surface area is 54.5 Å². The largest absolute Gasteiger partial charge is 0.481 e. The van der Waals surface area contributed by atoms with Gasteiger partial charge >= 0.3 is 5.97 Å². The van der Waals surface area contributed by atoms with Crippen LogP contribution in [0.3, 0.4) is 0 Å². The van der Waals surface area contributed by atoms with Crippen molar-refractivity contribution in [1.29, 1.82) is 0 Å². The molecule has 9 heavy (non-hydrogen) atoms. The highest BCUT2D eigenvalue weighted by molar-refractivity contribution is 5.66. The summed E-state index contributed by atoms with van der Waals surface area (Å²) in [5.41, 5.74) is 2.79. The van der Waals surface area contributed by atoms with E-state index in [1.165, 1.54) is 0 Å². The maximum absolute atomic E-state index is 9.90. The summed E-state index contributed by atoms with van der Waals surface area (Å²) in [6.45, 7) is 1.84. The smallest absolute Gasteiger partial charge is 0.303 e. The van der Waals surface area contributed by atoms with Crippen molar-refractivity contribution in [3.05, 3.63) is 17.9 Å². The maximum Gasteiger partial charge on any atom is 0.303 e. The summed E-state index contributed by atoms with van der Waals surface area (Å²) in [7, 11) is 0. The summed E-state index contributed by atoms with van der Waals surface area (Å²) in [6, 6.07) is 0. The minimum Gasteiger partial charge on any atom is -0.481 e. The van der Waals surface area contributed by atoms with E-state index in [-0.39, 0.29) is 6.42 Å². The molecule has 0 atom stereocenters. The van der Waals surface area contributed by atoms with Crippen molar-refractivity contribution < 1.29 is 9.90 Å². The van der Waals surface area contributed by atoms with Crippen molar-refractivity contribution in [3.8, 4) is 0 Å². The first-order chi connectivity index (χ1) is 4.27. The Morgan fingerprint density at radius 2 is 2.44 bits per heavy atom. The third kappa shape index (κ3) is 6.99.